The van der Waals surface area contributed by atoms with Crippen molar-refractivity contribution in [2.45, 2.75) is 54.6 Å². The van der Waals surface area contributed by atoms with Gasteiger partial charge in [0.15, 0.2) is 0 Å². The molecule has 0 atom stereocenters. The molecule has 3 heterocycles. The van der Waals surface area contributed by atoms with Gasteiger partial charge in [-0.3, -0.25) is 0 Å². The fourth-order valence-corrected chi connectivity index (χ4v) is 4.75. The van der Waals surface area contributed by atoms with Gasteiger partial charge in [-0.1, -0.05) is 93.1 Å². The minimum Gasteiger partial charge on any atom is -0.501 e. The fraction of sp³-hybridized carbons (Fsp3) is 0.209. The van der Waals surface area contributed by atoms with Crippen LogP contribution in [-0.2, 0) is 26.5 Å². The summed E-state index contributed by atoms with van der Waals surface area (Å²) in [6.45, 7) is -4.85. The smallest absolute Gasteiger partial charge is 0.120 e. The van der Waals surface area contributed by atoms with E-state index in [-0.39, 0.29) is 92.2 Å². The zero-order valence-corrected chi connectivity index (χ0v) is 27.9. The van der Waals surface area contributed by atoms with Gasteiger partial charge in [0.05, 0.1) is 11.1 Å². The summed E-state index contributed by atoms with van der Waals surface area (Å²) in [5.41, 5.74) is -0.349. The minimum atomic E-state index is -2.79. The van der Waals surface area contributed by atoms with Crippen LogP contribution in [-0.4, -0.2) is 9.97 Å². The molecule has 4 aromatic carbocycles. The number of furan rings is 1. The molecule has 0 unspecified atom stereocenters. The van der Waals surface area contributed by atoms with E-state index in [1.807, 2.05) is 0 Å². The number of para-hydroxylation sites is 1. The summed E-state index contributed by atoms with van der Waals surface area (Å²) >= 11 is 0. The van der Waals surface area contributed by atoms with Crippen molar-refractivity contribution >= 4 is 21.9 Å². The molecule has 239 valence electrons. The van der Waals surface area contributed by atoms with Crippen LogP contribution in [0.3, 0.4) is 0 Å². The van der Waals surface area contributed by atoms with Gasteiger partial charge in [-0.2, -0.15) is 0 Å². The van der Waals surface area contributed by atoms with E-state index in [1.165, 1.54) is 48.7 Å². The summed E-state index contributed by atoms with van der Waals surface area (Å²) < 4.78 is 166. The number of pyridine rings is 2. The van der Waals surface area contributed by atoms with Gasteiger partial charge in [0, 0.05) is 58.4 Å². The monoisotopic (exact) mass is 813 g/mol. The summed E-state index contributed by atoms with van der Waals surface area (Å²) in [7, 11) is 0. The third kappa shape index (κ3) is 7.79. The molecule has 7 aromatic rings. The van der Waals surface area contributed by atoms with Gasteiger partial charge in [-0.05, 0) is 84.5 Å². The van der Waals surface area contributed by atoms with E-state index in [0.717, 1.165) is 6.20 Å². The van der Waals surface area contributed by atoms with Crippen LogP contribution in [0.15, 0.2) is 108 Å². The molecule has 0 aliphatic rings. The van der Waals surface area contributed by atoms with Crippen LogP contribution in [0.4, 0.5) is 0 Å². The molecule has 3 aromatic heterocycles. The van der Waals surface area contributed by atoms with Crippen LogP contribution in [0.5, 0.6) is 0 Å². The SMILES string of the molecule is [2H]C([2H])([2H])c1c[c-]c(-c2ccc(C([2H])([2H])[2H])cn2)cc1.[2H]c1[c-]c(-c2cc(-c3ccc(C([2H])([2H])C(C)(C)C)cc3C([2H])([2H])[2H])c(C([2H])([2H])[2H])cn2)c2oc3c([2H])c([2H])c([2H])c([2H])c3c2c1[2H].[Ir]. The molecule has 0 spiro atoms. The summed E-state index contributed by atoms with van der Waals surface area (Å²) in [5, 5.41) is -0.191. The predicted molar refractivity (Wildman–Crippen MR) is 192 cm³/mol. The Bertz CT molecular complexity index is 2930. The normalized spacial score (nSPS) is 18.8. The van der Waals surface area contributed by atoms with Gasteiger partial charge in [0.25, 0.3) is 0 Å². The van der Waals surface area contributed by atoms with Crippen LogP contribution in [0.25, 0.3) is 55.6 Å². The quantitative estimate of drug-likeness (QED) is 0.166. The zero-order valence-electron chi connectivity index (χ0n) is 45.5. The van der Waals surface area contributed by atoms with Gasteiger partial charge < -0.3 is 14.4 Å². The van der Waals surface area contributed by atoms with Crippen LogP contribution in [0.1, 0.15) is 76.0 Å². The summed E-state index contributed by atoms with van der Waals surface area (Å²) in [6, 6.07) is 15.5. The second-order valence-electron chi connectivity index (χ2n) is 11.4. The predicted octanol–water partition coefficient (Wildman–Crippen LogP) is 11.5. The van der Waals surface area contributed by atoms with Gasteiger partial charge in [0.1, 0.15) is 5.58 Å². The van der Waals surface area contributed by atoms with Crippen LogP contribution in [0, 0.1) is 45.0 Å². The van der Waals surface area contributed by atoms with E-state index in [2.05, 4.69) is 22.1 Å². The molecular weight excluding hydrogens is 753 g/mol. The van der Waals surface area contributed by atoms with E-state index in [1.54, 1.807) is 32.9 Å². The number of aromatic nitrogens is 2. The van der Waals surface area contributed by atoms with E-state index < -0.39 is 75.4 Å². The maximum Gasteiger partial charge on any atom is 0.120 e. The number of hydrogen-bond donors (Lipinski definition) is 0. The summed E-state index contributed by atoms with van der Waals surface area (Å²) in [6.07, 6.45) is 0.394. The van der Waals surface area contributed by atoms with Crippen LogP contribution >= 0.6 is 0 Å². The Morgan fingerprint density at radius 3 is 2.32 bits per heavy atom. The van der Waals surface area contributed by atoms with Crippen molar-refractivity contribution in [3.63, 3.8) is 0 Å². The Hall–Kier alpha value is -4.37. The molecule has 0 bridgehead atoms. The zero-order chi connectivity index (χ0) is 49.4. The number of rotatable bonds is 4. The van der Waals surface area contributed by atoms with Gasteiger partial charge in [0.2, 0.25) is 0 Å². The van der Waals surface area contributed by atoms with Crippen molar-refractivity contribution in [2.75, 3.05) is 0 Å². The molecule has 47 heavy (non-hydrogen) atoms. The second kappa shape index (κ2) is 14.2. The number of fused-ring (bicyclic) bond motifs is 3. The van der Waals surface area contributed by atoms with Gasteiger partial charge >= 0.3 is 0 Å². The van der Waals surface area contributed by atoms with Crippen LogP contribution in [0.2, 0.25) is 0 Å². The van der Waals surface area contributed by atoms with Gasteiger partial charge in [-0.25, -0.2) is 0 Å². The van der Waals surface area contributed by atoms with E-state index >= 15 is 0 Å². The van der Waals surface area contributed by atoms with E-state index in [0.29, 0.717) is 11.3 Å². The number of nitrogens with zero attached hydrogens (tertiary/aromatic N) is 2. The first kappa shape index (κ1) is 16.6. The molecule has 0 N–H and O–H groups in total. The fourth-order valence-electron chi connectivity index (χ4n) is 4.75. The summed E-state index contributed by atoms with van der Waals surface area (Å²) in [5.74, 6) is 0. The topological polar surface area (TPSA) is 38.9 Å². The van der Waals surface area contributed by atoms with Crippen molar-refractivity contribution in [2.24, 2.45) is 5.41 Å². The average molecular weight is 813 g/mol. The average Bonchev–Trinajstić information content (AvgIpc) is 3.63. The molecule has 0 amide bonds. The first-order valence-corrected chi connectivity index (χ1v) is 14.2. The number of hydrogen-bond acceptors (Lipinski definition) is 3. The summed E-state index contributed by atoms with van der Waals surface area (Å²) in [4.78, 5) is 8.36. The maximum absolute atomic E-state index is 8.68. The Kier molecular flexibility index (Phi) is 5.02. The Morgan fingerprint density at radius 2 is 1.60 bits per heavy atom. The molecule has 0 saturated carbocycles. The third-order valence-electron chi connectivity index (χ3n) is 6.78. The Balaban J connectivity index is 0.000000335. The molecular formula is C43H40IrN2O-2. The van der Waals surface area contributed by atoms with Crippen molar-refractivity contribution in [3.8, 4) is 33.6 Å². The minimum absolute atomic E-state index is 0. The molecule has 0 fully saturated rings. The van der Waals surface area contributed by atoms with Gasteiger partial charge in [-0.15, -0.1) is 53.5 Å². The second-order valence-corrected chi connectivity index (χ2v) is 11.4. The molecule has 1 radical (unpaired) electrons. The maximum atomic E-state index is 8.68. The molecule has 0 aliphatic heterocycles. The van der Waals surface area contributed by atoms with Crippen LogP contribution < -0.4 is 0 Å². The third-order valence-corrected chi connectivity index (χ3v) is 6.78. The molecule has 0 saturated heterocycles. The molecule has 0 aliphatic carbocycles. The number of benzene rings is 4. The van der Waals surface area contributed by atoms with Crippen molar-refractivity contribution in [1.29, 1.82) is 0 Å². The van der Waals surface area contributed by atoms with Crippen molar-refractivity contribution in [1.82, 2.24) is 9.97 Å². The standard InChI is InChI=1S/C30H28NO.C13H12N.Ir/c1-19-15-21(17-30(3,4)5)13-14-22(19)26-16-27(31-18-20(26)2)25-11-8-10-24-23-9-6-7-12-28(23)32-29(24)25;1-10-3-6-12(7-4-10)13-8-5-11(2)9-14-13;/h6-10,12-16,18H,17H2,1-5H3;3-6,8-9H,1-2H3;/q2*-1;/i1D3,2D3,6D,7D,8D,9D,10D,12D,17D2;1D3,2D3;. The first-order chi connectivity index (χ1) is 30.2. The molecule has 4 heteroatoms. The van der Waals surface area contributed by atoms with E-state index in [9.17, 15) is 0 Å². The largest absolute Gasteiger partial charge is 0.501 e. The van der Waals surface area contributed by atoms with E-state index in [4.69, 9.17) is 31.8 Å². The Morgan fingerprint density at radius 1 is 0.787 bits per heavy atom. The molecule has 3 nitrogen and oxygen atoms in total. The molecule has 7 rings (SSSR count). The Labute approximate surface area is 320 Å². The first-order valence-electron chi connectivity index (χ1n) is 24.2. The van der Waals surface area contributed by atoms with Crippen molar-refractivity contribution in [3.05, 3.63) is 143 Å². The number of aryl methyl sites for hydroxylation is 4. The van der Waals surface area contributed by atoms with Crippen molar-refractivity contribution < 1.29 is 51.9 Å².